The SMILES string of the molecule is Cc1cccc(NC(=O)c2csc([C@@H](CC(C)C)NC(=O)C3CC3)n2)c1C. The third-order valence-corrected chi connectivity index (χ3v) is 5.84. The van der Waals surface area contributed by atoms with Gasteiger partial charge in [-0.15, -0.1) is 11.3 Å². The number of nitrogens with zero attached hydrogens (tertiary/aromatic N) is 1. The van der Waals surface area contributed by atoms with Crippen LogP contribution in [-0.4, -0.2) is 16.8 Å². The van der Waals surface area contributed by atoms with Gasteiger partial charge in [0.15, 0.2) is 0 Å². The van der Waals surface area contributed by atoms with Gasteiger partial charge in [0.1, 0.15) is 10.7 Å². The van der Waals surface area contributed by atoms with Crippen molar-refractivity contribution in [1.82, 2.24) is 10.3 Å². The number of aryl methyl sites for hydroxylation is 1. The summed E-state index contributed by atoms with van der Waals surface area (Å²) in [4.78, 5) is 29.4. The number of aromatic nitrogens is 1. The van der Waals surface area contributed by atoms with Gasteiger partial charge < -0.3 is 10.6 Å². The fourth-order valence-corrected chi connectivity index (χ4v) is 3.82. The summed E-state index contributed by atoms with van der Waals surface area (Å²) in [7, 11) is 0. The fourth-order valence-electron chi connectivity index (χ4n) is 2.95. The molecule has 1 aromatic heterocycles. The first-order valence-electron chi connectivity index (χ1n) is 9.48. The molecular weight excluding hydrogens is 358 g/mol. The van der Waals surface area contributed by atoms with E-state index in [9.17, 15) is 9.59 Å². The molecular formula is C21H27N3O2S. The van der Waals surface area contributed by atoms with Gasteiger partial charge in [-0.25, -0.2) is 4.98 Å². The van der Waals surface area contributed by atoms with Crippen molar-refractivity contribution in [3.8, 4) is 0 Å². The first-order chi connectivity index (χ1) is 12.8. The zero-order valence-corrected chi connectivity index (χ0v) is 17.2. The van der Waals surface area contributed by atoms with Crippen LogP contribution in [0, 0.1) is 25.7 Å². The number of rotatable bonds is 7. The highest BCUT2D eigenvalue weighted by molar-refractivity contribution is 7.10. The number of nitrogens with one attached hydrogen (secondary N) is 2. The molecule has 27 heavy (non-hydrogen) atoms. The number of carbonyl (C=O) groups is 2. The fraction of sp³-hybridized carbons (Fsp3) is 0.476. The predicted molar refractivity (Wildman–Crippen MR) is 109 cm³/mol. The molecule has 1 aromatic carbocycles. The molecule has 0 saturated heterocycles. The minimum atomic E-state index is -0.219. The van der Waals surface area contributed by atoms with Crippen molar-refractivity contribution in [2.75, 3.05) is 5.32 Å². The second-order valence-corrected chi connectivity index (χ2v) is 8.63. The van der Waals surface area contributed by atoms with Gasteiger partial charge in [0.05, 0.1) is 6.04 Å². The van der Waals surface area contributed by atoms with E-state index in [-0.39, 0.29) is 23.8 Å². The van der Waals surface area contributed by atoms with Crippen molar-refractivity contribution in [3.05, 3.63) is 45.4 Å². The lowest BCUT2D eigenvalue weighted by molar-refractivity contribution is -0.123. The Balaban J connectivity index is 1.73. The first kappa shape index (κ1) is 19.5. The molecule has 144 valence electrons. The average Bonchev–Trinajstić information content (AvgIpc) is 3.34. The van der Waals surface area contributed by atoms with Gasteiger partial charge in [-0.3, -0.25) is 9.59 Å². The maximum atomic E-state index is 12.6. The Bertz CT molecular complexity index is 840. The Morgan fingerprint density at radius 2 is 2.00 bits per heavy atom. The quantitative estimate of drug-likeness (QED) is 0.730. The topological polar surface area (TPSA) is 71.1 Å². The van der Waals surface area contributed by atoms with E-state index >= 15 is 0 Å². The third-order valence-electron chi connectivity index (χ3n) is 4.88. The number of carbonyl (C=O) groups excluding carboxylic acids is 2. The first-order valence-corrected chi connectivity index (χ1v) is 10.4. The highest BCUT2D eigenvalue weighted by Crippen LogP contribution is 2.32. The number of amides is 2. The standard InChI is InChI=1S/C21H27N3O2S/c1-12(2)10-17(23-19(25)15-8-9-15)21-24-18(11-27-21)20(26)22-16-7-5-6-13(3)14(16)4/h5-7,11-12,15,17H,8-10H2,1-4H3,(H,22,26)(H,23,25)/t17-/m1/s1. The summed E-state index contributed by atoms with van der Waals surface area (Å²) in [6.45, 7) is 8.25. The molecule has 5 nitrogen and oxygen atoms in total. The smallest absolute Gasteiger partial charge is 0.275 e. The Labute approximate surface area is 164 Å². The molecule has 1 aliphatic carbocycles. The molecule has 1 aliphatic rings. The van der Waals surface area contributed by atoms with Gasteiger partial charge in [-0.1, -0.05) is 26.0 Å². The van der Waals surface area contributed by atoms with Crippen LogP contribution < -0.4 is 10.6 Å². The van der Waals surface area contributed by atoms with E-state index in [1.54, 1.807) is 5.38 Å². The van der Waals surface area contributed by atoms with Crippen LogP contribution in [-0.2, 0) is 4.79 Å². The molecule has 0 aliphatic heterocycles. The lowest BCUT2D eigenvalue weighted by atomic mass is 10.0. The minimum Gasteiger partial charge on any atom is -0.347 e. The van der Waals surface area contributed by atoms with Crippen LogP contribution >= 0.6 is 11.3 Å². The van der Waals surface area contributed by atoms with E-state index in [4.69, 9.17) is 0 Å². The summed E-state index contributed by atoms with van der Waals surface area (Å²) in [5, 5.41) is 8.64. The summed E-state index contributed by atoms with van der Waals surface area (Å²) >= 11 is 1.43. The van der Waals surface area contributed by atoms with Crippen molar-refractivity contribution in [1.29, 1.82) is 0 Å². The van der Waals surface area contributed by atoms with Crippen molar-refractivity contribution in [2.24, 2.45) is 11.8 Å². The maximum absolute atomic E-state index is 12.6. The molecule has 2 aromatic rings. The highest BCUT2D eigenvalue weighted by atomic mass is 32.1. The monoisotopic (exact) mass is 385 g/mol. The van der Waals surface area contributed by atoms with Crippen LogP contribution in [0.3, 0.4) is 0 Å². The van der Waals surface area contributed by atoms with Crippen molar-refractivity contribution in [2.45, 2.75) is 53.0 Å². The van der Waals surface area contributed by atoms with Crippen molar-refractivity contribution >= 4 is 28.8 Å². The Morgan fingerprint density at radius 3 is 2.67 bits per heavy atom. The molecule has 1 heterocycles. The van der Waals surface area contributed by atoms with E-state index < -0.39 is 0 Å². The van der Waals surface area contributed by atoms with Crippen LogP contribution in [0.15, 0.2) is 23.6 Å². The predicted octanol–water partition coefficient (Wildman–Crippen LogP) is 4.63. The average molecular weight is 386 g/mol. The van der Waals surface area contributed by atoms with E-state index in [1.165, 1.54) is 11.3 Å². The molecule has 0 bridgehead atoms. The van der Waals surface area contributed by atoms with Crippen LogP contribution in [0.2, 0.25) is 0 Å². The lowest BCUT2D eigenvalue weighted by Crippen LogP contribution is -2.30. The maximum Gasteiger partial charge on any atom is 0.275 e. The Kier molecular flexibility index (Phi) is 5.95. The van der Waals surface area contributed by atoms with E-state index in [2.05, 4.69) is 29.5 Å². The molecule has 2 N–H and O–H groups in total. The van der Waals surface area contributed by atoms with Crippen LogP contribution in [0.25, 0.3) is 0 Å². The number of benzene rings is 1. The normalized spacial score (nSPS) is 14.9. The zero-order chi connectivity index (χ0) is 19.6. The largest absolute Gasteiger partial charge is 0.347 e. The number of anilines is 1. The van der Waals surface area contributed by atoms with Crippen molar-refractivity contribution < 1.29 is 9.59 Å². The van der Waals surface area contributed by atoms with E-state index in [1.807, 2.05) is 32.0 Å². The summed E-state index contributed by atoms with van der Waals surface area (Å²) in [5.41, 5.74) is 3.38. The zero-order valence-electron chi connectivity index (χ0n) is 16.3. The van der Waals surface area contributed by atoms with Crippen LogP contribution in [0.1, 0.15) is 65.8 Å². The summed E-state index contributed by atoms with van der Waals surface area (Å²) in [6.07, 6.45) is 2.76. The molecule has 1 atom stereocenters. The molecule has 1 fully saturated rings. The summed E-state index contributed by atoms with van der Waals surface area (Å²) in [5.74, 6) is 0.470. The van der Waals surface area contributed by atoms with Gasteiger partial charge in [-0.05, 0) is 56.2 Å². The van der Waals surface area contributed by atoms with Crippen molar-refractivity contribution in [3.63, 3.8) is 0 Å². The highest BCUT2D eigenvalue weighted by Gasteiger charge is 2.32. The molecule has 1 saturated carbocycles. The second-order valence-electron chi connectivity index (χ2n) is 7.74. The third kappa shape index (κ3) is 4.95. The lowest BCUT2D eigenvalue weighted by Gasteiger charge is -2.18. The molecule has 6 heteroatoms. The van der Waals surface area contributed by atoms with Crippen LogP contribution in [0.5, 0.6) is 0 Å². The Hall–Kier alpha value is -2.21. The number of hydrogen-bond donors (Lipinski definition) is 2. The van der Waals surface area contributed by atoms with Gasteiger partial charge in [-0.2, -0.15) is 0 Å². The van der Waals surface area contributed by atoms with E-state index in [0.29, 0.717) is 11.6 Å². The minimum absolute atomic E-state index is 0.109. The molecule has 0 unspecified atom stereocenters. The van der Waals surface area contributed by atoms with Gasteiger partial charge in [0.2, 0.25) is 5.91 Å². The number of hydrogen-bond acceptors (Lipinski definition) is 4. The molecule has 0 radical (unpaired) electrons. The van der Waals surface area contributed by atoms with Gasteiger partial charge in [0.25, 0.3) is 5.91 Å². The molecule has 2 amide bonds. The number of thiazole rings is 1. The summed E-state index contributed by atoms with van der Waals surface area (Å²) in [6, 6.07) is 5.71. The molecule has 0 spiro atoms. The van der Waals surface area contributed by atoms with Gasteiger partial charge in [0, 0.05) is 17.0 Å². The summed E-state index contributed by atoms with van der Waals surface area (Å²) < 4.78 is 0. The Morgan fingerprint density at radius 1 is 1.26 bits per heavy atom. The molecule has 3 rings (SSSR count). The van der Waals surface area contributed by atoms with Gasteiger partial charge >= 0.3 is 0 Å². The van der Waals surface area contributed by atoms with Crippen LogP contribution in [0.4, 0.5) is 5.69 Å². The van der Waals surface area contributed by atoms with E-state index in [0.717, 1.165) is 41.1 Å². The second kappa shape index (κ2) is 8.21.